The average Bonchev–Trinajstić information content (AvgIpc) is 2.68. The molecule has 1 amide bonds. The number of nitrogens with one attached hydrogen (secondary N) is 1. The van der Waals surface area contributed by atoms with Gasteiger partial charge in [0, 0.05) is 23.1 Å². The van der Waals surface area contributed by atoms with E-state index in [1.807, 2.05) is 12.1 Å². The predicted octanol–water partition coefficient (Wildman–Crippen LogP) is -2.06. The van der Waals surface area contributed by atoms with Crippen LogP contribution in [0.3, 0.4) is 0 Å². The highest BCUT2D eigenvalue weighted by Gasteiger charge is 2.19. The van der Waals surface area contributed by atoms with Crippen LogP contribution in [-0.2, 0) is 9.59 Å². The Balaban J connectivity index is 0.000000722. The summed E-state index contributed by atoms with van der Waals surface area (Å²) in [4.78, 5) is 26.5. The van der Waals surface area contributed by atoms with Crippen molar-refractivity contribution in [3.63, 3.8) is 0 Å². The molecule has 0 unspecified atom stereocenters. The van der Waals surface area contributed by atoms with Crippen LogP contribution in [0.15, 0.2) is 23.3 Å². The molecule has 1 aromatic rings. The van der Waals surface area contributed by atoms with Crippen molar-refractivity contribution in [1.29, 1.82) is 0 Å². The Kier molecular flexibility index (Phi) is 3.21. The third kappa shape index (κ3) is 1.75. The molecule has 17 heavy (non-hydrogen) atoms. The van der Waals surface area contributed by atoms with Gasteiger partial charge in [0.2, 0.25) is 5.78 Å². The molecular formula is C11H10N2O4. The van der Waals surface area contributed by atoms with E-state index in [9.17, 15) is 9.59 Å². The van der Waals surface area contributed by atoms with E-state index in [-0.39, 0.29) is 11.0 Å². The van der Waals surface area contributed by atoms with Crippen LogP contribution in [-0.4, -0.2) is 22.6 Å². The van der Waals surface area contributed by atoms with Gasteiger partial charge < -0.3 is 16.3 Å². The third-order valence-electron chi connectivity index (χ3n) is 2.46. The number of carbonyl (C=O) groups excluding carboxylic acids is 2. The summed E-state index contributed by atoms with van der Waals surface area (Å²) in [6.07, 6.45) is 4.84. The predicted molar refractivity (Wildman–Crippen MR) is 61.6 cm³/mol. The number of hydrogen-bond donors (Lipinski definition) is 1. The van der Waals surface area contributed by atoms with Gasteiger partial charge >= 0.3 is 0 Å². The molecule has 6 nitrogen and oxygen atoms in total. The fourth-order valence-electron chi connectivity index (χ4n) is 1.74. The molecule has 0 bridgehead atoms. The Bertz CT molecular complexity index is 646. The van der Waals surface area contributed by atoms with Gasteiger partial charge in [-0.3, -0.25) is 14.6 Å². The Labute approximate surface area is 95.6 Å². The van der Waals surface area contributed by atoms with Crippen LogP contribution in [0.25, 0.3) is 12.2 Å². The van der Waals surface area contributed by atoms with Gasteiger partial charge in [0.05, 0.1) is 11.0 Å². The van der Waals surface area contributed by atoms with Crippen LogP contribution in [0, 0.1) is 0 Å². The fourth-order valence-corrected chi connectivity index (χ4v) is 1.74. The van der Waals surface area contributed by atoms with Gasteiger partial charge in [0.15, 0.2) is 0 Å². The minimum atomic E-state index is -0.587. The number of benzene rings is 1. The number of Topliss-reactive ketones (excluding diaryl/α,β-unsaturated/α-hetero) is 1. The van der Waals surface area contributed by atoms with Gasteiger partial charge in [-0.25, -0.2) is 0 Å². The van der Waals surface area contributed by atoms with E-state index in [4.69, 9.17) is 0 Å². The molecule has 5 N–H and O–H groups in total. The quantitative estimate of drug-likeness (QED) is 0.519. The molecule has 2 heterocycles. The van der Waals surface area contributed by atoms with Crippen molar-refractivity contribution >= 4 is 29.5 Å². The van der Waals surface area contributed by atoms with Gasteiger partial charge in [-0.2, -0.15) is 0 Å². The highest BCUT2D eigenvalue weighted by atomic mass is 16.2. The fraction of sp³-hybridized carbons (Fsp3) is 0. The van der Waals surface area contributed by atoms with Crippen LogP contribution in [0.1, 0.15) is 5.56 Å². The van der Waals surface area contributed by atoms with Gasteiger partial charge in [0.25, 0.3) is 5.91 Å². The van der Waals surface area contributed by atoms with Crippen molar-refractivity contribution in [2.75, 3.05) is 5.32 Å². The monoisotopic (exact) mass is 234 g/mol. The molecule has 0 aromatic heterocycles. The van der Waals surface area contributed by atoms with Crippen molar-refractivity contribution in [3.05, 3.63) is 34.5 Å². The summed E-state index contributed by atoms with van der Waals surface area (Å²) in [6, 6.07) is 3.61. The topological polar surface area (TPSA) is 122 Å². The molecule has 0 spiro atoms. The van der Waals surface area contributed by atoms with Crippen molar-refractivity contribution in [2.24, 2.45) is 4.99 Å². The Morgan fingerprint density at radius 3 is 2.65 bits per heavy atom. The number of hydrogen-bond acceptors (Lipinski definition) is 3. The zero-order chi connectivity index (χ0) is 10.4. The van der Waals surface area contributed by atoms with E-state index in [1.54, 1.807) is 12.3 Å². The second-order valence-corrected chi connectivity index (χ2v) is 3.37. The number of rotatable bonds is 0. The zero-order valence-corrected chi connectivity index (χ0v) is 8.65. The first-order valence-corrected chi connectivity index (χ1v) is 4.50. The summed E-state index contributed by atoms with van der Waals surface area (Å²) >= 11 is 0. The molecule has 0 atom stereocenters. The number of nitrogens with zero attached hydrogens (tertiary/aromatic N) is 1. The Morgan fingerprint density at radius 2 is 1.88 bits per heavy atom. The van der Waals surface area contributed by atoms with Crippen molar-refractivity contribution < 1.29 is 20.5 Å². The molecule has 1 aromatic carbocycles. The highest BCUT2D eigenvalue weighted by molar-refractivity contribution is 6.52. The number of anilines is 1. The number of amides is 1. The Morgan fingerprint density at radius 1 is 1.12 bits per heavy atom. The first kappa shape index (κ1) is 12.8. The van der Waals surface area contributed by atoms with Gasteiger partial charge in [-0.1, -0.05) is 6.07 Å². The molecule has 88 valence electrons. The zero-order valence-electron chi connectivity index (χ0n) is 8.65. The number of fused-ring (bicyclic) bond motifs is 3. The molecule has 0 saturated heterocycles. The van der Waals surface area contributed by atoms with Gasteiger partial charge in [-0.05, 0) is 12.1 Å². The van der Waals surface area contributed by atoms with Gasteiger partial charge in [0.1, 0.15) is 0 Å². The van der Waals surface area contributed by atoms with E-state index >= 15 is 0 Å². The number of carbonyl (C=O) groups is 2. The molecule has 2 aliphatic rings. The van der Waals surface area contributed by atoms with Crippen LogP contribution in [0.2, 0.25) is 0 Å². The second kappa shape index (κ2) is 4.28. The largest absolute Gasteiger partial charge is 0.412 e. The lowest BCUT2D eigenvalue weighted by Crippen LogP contribution is -2.33. The van der Waals surface area contributed by atoms with Crippen LogP contribution < -0.4 is 15.9 Å². The highest BCUT2D eigenvalue weighted by Crippen LogP contribution is 2.13. The SMILES string of the molecule is O.O.O=C1C=c2ccc3c(c2NC1=O)C=CN=3. The molecule has 2 aliphatic heterocycles. The van der Waals surface area contributed by atoms with Crippen LogP contribution in [0.4, 0.5) is 5.69 Å². The summed E-state index contributed by atoms with van der Waals surface area (Å²) in [5.41, 5.74) is 1.54. The molecule has 6 heteroatoms. The van der Waals surface area contributed by atoms with Crippen molar-refractivity contribution in [3.8, 4) is 0 Å². The maximum atomic E-state index is 11.2. The maximum Gasteiger partial charge on any atom is 0.296 e. The second-order valence-electron chi connectivity index (χ2n) is 3.37. The van der Waals surface area contributed by atoms with Crippen LogP contribution >= 0.6 is 0 Å². The summed E-state index contributed by atoms with van der Waals surface area (Å²) in [5.74, 6) is -1.10. The van der Waals surface area contributed by atoms with E-state index in [2.05, 4.69) is 10.3 Å². The lowest BCUT2D eigenvalue weighted by Gasteiger charge is -2.11. The molecule has 0 aliphatic carbocycles. The molecule has 3 rings (SSSR count). The normalized spacial score (nSPS) is 14.4. The van der Waals surface area contributed by atoms with E-state index < -0.39 is 11.7 Å². The third-order valence-corrected chi connectivity index (χ3v) is 2.46. The van der Waals surface area contributed by atoms with Crippen LogP contribution in [0.5, 0.6) is 0 Å². The standard InChI is InChI=1S/C11H6N2O2.2H2O/c14-9-5-6-1-2-8-7(3-4-12-8)10(6)13-11(9)15;;/h1-5H,(H,13,15);2*1H2. The number of ketones is 1. The first-order chi connectivity index (χ1) is 7.25. The van der Waals surface area contributed by atoms with E-state index in [0.29, 0.717) is 5.69 Å². The minimum Gasteiger partial charge on any atom is -0.412 e. The molecule has 0 saturated carbocycles. The Hall–Kier alpha value is -2.31. The molecule has 0 radical (unpaired) electrons. The lowest BCUT2D eigenvalue weighted by atomic mass is 10.1. The van der Waals surface area contributed by atoms with E-state index in [0.717, 1.165) is 16.1 Å². The summed E-state index contributed by atoms with van der Waals surface area (Å²) in [5, 5.41) is 4.13. The molecule has 0 fully saturated rings. The maximum absolute atomic E-state index is 11.2. The summed E-state index contributed by atoms with van der Waals surface area (Å²) in [6.45, 7) is 0. The van der Waals surface area contributed by atoms with Crippen molar-refractivity contribution in [1.82, 2.24) is 0 Å². The van der Waals surface area contributed by atoms with Gasteiger partial charge in [-0.15, -0.1) is 0 Å². The van der Waals surface area contributed by atoms with E-state index in [1.165, 1.54) is 6.08 Å². The summed E-state index contributed by atoms with van der Waals surface area (Å²) in [7, 11) is 0. The average molecular weight is 234 g/mol. The smallest absolute Gasteiger partial charge is 0.296 e. The summed E-state index contributed by atoms with van der Waals surface area (Å²) < 4.78 is 0. The van der Waals surface area contributed by atoms with Crippen molar-refractivity contribution in [2.45, 2.75) is 0 Å². The lowest BCUT2D eigenvalue weighted by molar-refractivity contribution is -0.131. The minimum absolute atomic E-state index is 0. The first-order valence-electron chi connectivity index (χ1n) is 4.50. The molecular weight excluding hydrogens is 224 g/mol.